The molecular weight excluding hydrogens is 264 g/mol. The first kappa shape index (κ1) is 15.1. The lowest BCUT2D eigenvalue weighted by Gasteiger charge is -2.29. The van der Waals surface area contributed by atoms with Crippen LogP contribution in [0.4, 0.5) is 4.79 Å². The van der Waals surface area contributed by atoms with Crippen LogP contribution in [0.25, 0.3) is 0 Å². The molecule has 2 fully saturated rings. The molecule has 0 radical (unpaired) electrons. The Morgan fingerprint density at radius 2 is 2.30 bits per heavy atom. The number of carbonyl (C=O) groups is 2. The maximum Gasteiger partial charge on any atom is 0.326 e. The number of urea groups is 1. The van der Waals surface area contributed by atoms with Crippen LogP contribution in [0.5, 0.6) is 0 Å². The Kier molecular flexibility index (Phi) is 4.49. The van der Waals surface area contributed by atoms with Crippen molar-refractivity contribution in [2.75, 3.05) is 33.4 Å². The minimum atomic E-state index is -0.948. The molecule has 2 heterocycles. The summed E-state index contributed by atoms with van der Waals surface area (Å²) in [5.41, 5.74) is -0.486. The summed E-state index contributed by atoms with van der Waals surface area (Å²) in [6.45, 7) is 3.72. The lowest BCUT2D eigenvalue weighted by atomic mass is 10.0. The molecule has 7 heteroatoms. The maximum absolute atomic E-state index is 12.2. The molecular formula is C13H22N2O5. The number of hydrogen-bond acceptors (Lipinski definition) is 4. The van der Waals surface area contributed by atoms with E-state index in [0.29, 0.717) is 32.7 Å². The Morgan fingerprint density at radius 1 is 1.55 bits per heavy atom. The van der Waals surface area contributed by atoms with Gasteiger partial charge in [0.2, 0.25) is 0 Å². The van der Waals surface area contributed by atoms with Crippen LogP contribution in [-0.4, -0.2) is 67.1 Å². The van der Waals surface area contributed by atoms with Gasteiger partial charge in [-0.25, -0.2) is 9.59 Å². The summed E-state index contributed by atoms with van der Waals surface area (Å²) in [6.07, 6.45) is 1.44. The largest absolute Gasteiger partial charge is 0.480 e. The molecule has 0 aliphatic carbocycles. The normalized spacial score (nSPS) is 33.4. The van der Waals surface area contributed by atoms with Gasteiger partial charge in [-0.1, -0.05) is 6.92 Å². The number of amides is 2. The third kappa shape index (κ3) is 2.88. The second-order valence-corrected chi connectivity index (χ2v) is 5.59. The molecule has 0 spiro atoms. The number of nitrogens with zero attached hydrogens (tertiary/aromatic N) is 1. The van der Waals surface area contributed by atoms with E-state index in [9.17, 15) is 14.7 Å². The fourth-order valence-corrected chi connectivity index (χ4v) is 2.85. The van der Waals surface area contributed by atoms with Crippen LogP contribution in [0.2, 0.25) is 0 Å². The first-order valence-corrected chi connectivity index (χ1v) is 6.89. The van der Waals surface area contributed by atoms with Crippen molar-refractivity contribution in [3.8, 4) is 0 Å². The molecule has 3 unspecified atom stereocenters. The smallest absolute Gasteiger partial charge is 0.326 e. The van der Waals surface area contributed by atoms with Crippen LogP contribution in [0.15, 0.2) is 0 Å². The number of ether oxygens (including phenoxy) is 2. The third-order valence-electron chi connectivity index (χ3n) is 4.28. The summed E-state index contributed by atoms with van der Waals surface area (Å²) in [5.74, 6) is -0.972. The maximum atomic E-state index is 12.2. The van der Waals surface area contributed by atoms with Gasteiger partial charge in [0.05, 0.1) is 13.2 Å². The Hall–Kier alpha value is -1.34. The van der Waals surface area contributed by atoms with Crippen LogP contribution >= 0.6 is 0 Å². The van der Waals surface area contributed by atoms with E-state index in [2.05, 4.69) is 5.32 Å². The first-order chi connectivity index (χ1) is 9.49. The number of aliphatic carboxylic acids is 1. The van der Waals surface area contributed by atoms with E-state index in [4.69, 9.17) is 9.47 Å². The van der Waals surface area contributed by atoms with Crippen molar-refractivity contribution in [1.29, 1.82) is 0 Å². The van der Waals surface area contributed by atoms with Gasteiger partial charge in [0.1, 0.15) is 11.6 Å². The SMILES string of the molecule is COC1(CNC(=O)N2CCC(C)C2C(=O)O)CCOC1. The summed E-state index contributed by atoms with van der Waals surface area (Å²) in [4.78, 5) is 24.8. The number of carboxylic acids is 1. The van der Waals surface area contributed by atoms with E-state index in [1.54, 1.807) is 7.11 Å². The van der Waals surface area contributed by atoms with Crippen LogP contribution < -0.4 is 5.32 Å². The molecule has 0 aromatic rings. The molecule has 2 aliphatic rings. The zero-order valence-corrected chi connectivity index (χ0v) is 11.9. The molecule has 2 rings (SSSR count). The van der Waals surface area contributed by atoms with E-state index in [0.717, 1.165) is 6.42 Å². The molecule has 0 aromatic heterocycles. The van der Waals surface area contributed by atoms with Crippen molar-refractivity contribution in [3.05, 3.63) is 0 Å². The Labute approximate surface area is 118 Å². The van der Waals surface area contributed by atoms with Gasteiger partial charge < -0.3 is 24.8 Å². The van der Waals surface area contributed by atoms with E-state index in [1.165, 1.54) is 4.90 Å². The van der Waals surface area contributed by atoms with Gasteiger partial charge >= 0.3 is 12.0 Å². The number of carbonyl (C=O) groups excluding carboxylic acids is 1. The zero-order valence-electron chi connectivity index (χ0n) is 11.9. The lowest BCUT2D eigenvalue weighted by molar-refractivity contribution is -0.142. The fourth-order valence-electron chi connectivity index (χ4n) is 2.85. The molecule has 0 bridgehead atoms. The average molecular weight is 286 g/mol. The first-order valence-electron chi connectivity index (χ1n) is 6.89. The molecule has 0 saturated carbocycles. The van der Waals surface area contributed by atoms with Crippen molar-refractivity contribution in [1.82, 2.24) is 10.2 Å². The van der Waals surface area contributed by atoms with Gasteiger partial charge in [-0.2, -0.15) is 0 Å². The minimum Gasteiger partial charge on any atom is -0.480 e. The Morgan fingerprint density at radius 3 is 2.85 bits per heavy atom. The van der Waals surface area contributed by atoms with Gasteiger partial charge in [-0.3, -0.25) is 0 Å². The van der Waals surface area contributed by atoms with E-state index in [1.807, 2.05) is 6.92 Å². The standard InChI is InChI=1S/C13H22N2O5/c1-9-3-5-15(10(9)11(16)17)12(18)14-7-13(19-2)4-6-20-8-13/h9-10H,3-8H2,1-2H3,(H,14,18)(H,16,17). The van der Waals surface area contributed by atoms with Crippen LogP contribution in [0.1, 0.15) is 19.8 Å². The van der Waals surface area contributed by atoms with Crippen LogP contribution in [0.3, 0.4) is 0 Å². The van der Waals surface area contributed by atoms with Crippen molar-refractivity contribution in [3.63, 3.8) is 0 Å². The molecule has 3 atom stereocenters. The molecule has 2 saturated heterocycles. The highest BCUT2D eigenvalue weighted by Gasteiger charge is 2.41. The number of likely N-dealkylation sites (tertiary alicyclic amines) is 1. The Bertz CT molecular complexity index is 381. The predicted octanol–water partition coefficient (Wildman–Crippen LogP) is 0.297. The summed E-state index contributed by atoms with van der Waals surface area (Å²) in [6, 6.07) is -1.08. The van der Waals surface area contributed by atoms with Crippen molar-refractivity contribution in [2.24, 2.45) is 5.92 Å². The zero-order chi connectivity index (χ0) is 14.8. The average Bonchev–Trinajstić information content (AvgIpc) is 3.03. The summed E-state index contributed by atoms with van der Waals surface area (Å²) in [5, 5.41) is 12.0. The molecule has 2 N–H and O–H groups in total. The van der Waals surface area contributed by atoms with Gasteiger partial charge in [-0.05, 0) is 12.3 Å². The molecule has 20 heavy (non-hydrogen) atoms. The highest BCUT2D eigenvalue weighted by atomic mass is 16.5. The lowest BCUT2D eigenvalue weighted by Crippen LogP contribution is -2.52. The van der Waals surface area contributed by atoms with Crippen molar-refractivity contribution < 1.29 is 24.2 Å². The number of rotatable bonds is 4. The summed E-state index contributed by atoms with van der Waals surface area (Å²) >= 11 is 0. The monoisotopic (exact) mass is 286 g/mol. The second kappa shape index (κ2) is 5.97. The topological polar surface area (TPSA) is 88.1 Å². The second-order valence-electron chi connectivity index (χ2n) is 5.59. The van der Waals surface area contributed by atoms with E-state index >= 15 is 0 Å². The van der Waals surface area contributed by atoms with Crippen molar-refractivity contribution in [2.45, 2.75) is 31.4 Å². The molecule has 2 amide bonds. The molecule has 2 aliphatic heterocycles. The summed E-state index contributed by atoms with van der Waals surface area (Å²) in [7, 11) is 1.60. The fraction of sp³-hybridized carbons (Fsp3) is 0.846. The summed E-state index contributed by atoms with van der Waals surface area (Å²) < 4.78 is 10.7. The molecule has 7 nitrogen and oxygen atoms in total. The van der Waals surface area contributed by atoms with Gasteiger partial charge in [0.15, 0.2) is 0 Å². The van der Waals surface area contributed by atoms with Crippen LogP contribution in [-0.2, 0) is 14.3 Å². The number of carboxylic acid groups (broad SMARTS) is 1. The number of hydrogen-bond donors (Lipinski definition) is 2. The molecule has 114 valence electrons. The van der Waals surface area contributed by atoms with Gasteiger partial charge in [-0.15, -0.1) is 0 Å². The van der Waals surface area contributed by atoms with Gasteiger partial charge in [0.25, 0.3) is 0 Å². The Balaban J connectivity index is 1.93. The minimum absolute atomic E-state index is 0.0237. The van der Waals surface area contributed by atoms with Crippen molar-refractivity contribution >= 4 is 12.0 Å². The number of nitrogens with one attached hydrogen (secondary N) is 1. The quantitative estimate of drug-likeness (QED) is 0.776. The highest BCUT2D eigenvalue weighted by molar-refractivity contribution is 5.83. The highest BCUT2D eigenvalue weighted by Crippen LogP contribution is 2.25. The van der Waals surface area contributed by atoms with Crippen LogP contribution in [0, 0.1) is 5.92 Å². The molecule has 0 aromatic carbocycles. The van der Waals surface area contributed by atoms with Gasteiger partial charge in [0, 0.05) is 26.7 Å². The predicted molar refractivity (Wildman–Crippen MR) is 70.5 cm³/mol. The number of methoxy groups -OCH3 is 1. The third-order valence-corrected chi connectivity index (χ3v) is 4.28. The van der Waals surface area contributed by atoms with E-state index in [-0.39, 0.29) is 11.9 Å². The van der Waals surface area contributed by atoms with E-state index < -0.39 is 17.6 Å².